The fourth-order valence-corrected chi connectivity index (χ4v) is 1.83. The Morgan fingerprint density at radius 2 is 2.00 bits per heavy atom. The Hall–Kier alpha value is -1.74. The normalized spacial score (nSPS) is 9.67. The van der Waals surface area contributed by atoms with E-state index in [1.54, 1.807) is 24.3 Å². The van der Waals surface area contributed by atoms with Crippen molar-refractivity contribution in [1.29, 1.82) is 0 Å². The molecule has 0 spiro atoms. The molecular weight excluding hydrogens is 248 g/mol. The first-order valence-corrected chi connectivity index (χ1v) is 6.00. The van der Waals surface area contributed by atoms with Gasteiger partial charge in [-0.25, -0.2) is 0 Å². The lowest BCUT2D eigenvalue weighted by atomic mass is 10.2. The maximum atomic E-state index is 11.2. The Kier molecular flexibility index (Phi) is 5.46. The molecule has 1 aromatic carbocycles. The van der Waals surface area contributed by atoms with Crippen LogP contribution >= 0.6 is 11.6 Å². The van der Waals surface area contributed by atoms with Crippen LogP contribution in [0.1, 0.15) is 6.92 Å². The van der Waals surface area contributed by atoms with E-state index in [9.17, 15) is 4.79 Å². The van der Waals surface area contributed by atoms with Crippen molar-refractivity contribution in [1.82, 2.24) is 0 Å². The molecule has 1 N–H and O–H groups in total. The second-order valence-electron chi connectivity index (χ2n) is 3.82. The summed E-state index contributed by atoms with van der Waals surface area (Å²) in [5.41, 5.74) is 1.59. The van der Waals surface area contributed by atoms with Crippen LogP contribution in [-0.4, -0.2) is 19.0 Å². The number of rotatable bonds is 6. The molecule has 0 fully saturated rings. The molecule has 0 heterocycles. The fourth-order valence-electron chi connectivity index (χ4n) is 1.66. The molecule has 0 aliphatic carbocycles. The minimum Gasteiger partial charge on any atom is -0.362 e. The number of halogens is 1. The molecule has 0 aromatic heterocycles. The molecule has 1 aromatic rings. The molecular formula is C14H17ClN2O. The molecule has 18 heavy (non-hydrogen) atoms. The molecule has 0 atom stereocenters. The molecule has 1 rings (SSSR count). The summed E-state index contributed by atoms with van der Waals surface area (Å²) in [6, 6.07) is 5.40. The molecule has 0 unspecified atom stereocenters. The third-order valence-electron chi connectivity index (χ3n) is 2.31. The predicted molar refractivity (Wildman–Crippen MR) is 78.4 cm³/mol. The van der Waals surface area contributed by atoms with E-state index in [2.05, 4.69) is 18.5 Å². The van der Waals surface area contributed by atoms with E-state index in [1.165, 1.54) is 6.92 Å². The van der Waals surface area contributed by atoms with E-state index in [0.717, 1.165) is 5.69 Å². The van der Waals surface area contributed by atoms with E-state index < -0.39 is 0 Å². The third-order valence-corrected chi connectivity index (χ3v) is 2.54. The first-order valence-electron chi connectivity index (χ1n) is 5.62. The van der Waals surface area contributed by atoms with Crippen LogP contribution in [0.2, 0.25) is 5.02 Å². The topological polar surface area (TPSA) is 32.3 Å². The Labute approximate surface area is 113 Å². The van der Waals surface area contributed by atoms with Crippen LogP contribution in [0.5, 0.6) is 0 Å². The summed E-state index contributed by atoms with van der Waals surface area (Å²) in [6.07, 6.45) is 3.60. The van der Waals surface area contributed by atoms with Gasteiger partial charge < -0.3 is 10.2 Å². The smallest absolute Gasteiger partial charge is 0.221 e. The third kappa shape index (κ3) is 3.93. The standard InChI is InChI=1S/C14H17ClN2O/c1-4-8-17(9-5-2)14-7-6-12(15)10-13(14)16-11(3)18/h4-7,10H,1-2,8-9H2,3H3,(H,16,18). The number of anilines is 2. The van der Waals surface area contributed by atoms with Crippen molar-refractivity contribution in [3.63, 3.8) is 0 Å². The van der Waals surface area contributed by atoms with E-state index in [-0.39, 0.29) is 5.91 Å². The zero-order chi connectivity index (χ0) is 13.5. The van der Waals surface area contributed by atoms with Gasteiger partial charge in [0.2, 0.25) is 5.91 Å². The number of carbonyl (C=O) groups excluding carboxylic acids is 1. The SMILES string of the molecule is C=CCN(CC=C)c1ccc(Cl)cc1NC(C)=O. The Bertz CT molecular complexity index is 447. The zero-order valence-electron chi connectivity index (χ0n) is 10.4. The molecule has 3 nitrogen and oxygen atoms in total. The summed E-state index contributed by atoms with van der Waals surface area (Å²) in [5.74, 6) is -0.129. The monoisotopic (exact) mass is 264 g/mol. The molecule has 0 aliphatic rings. The molecule has 0 aliphatic heterocycles. The summed E-state index contributed by atoms with van der Waals surface area (Å²) >= 11 is 5.95. The van der Waals surface area contributed by atoms with Gasteiger partial charge in [0.05, 0.1) is 11.4 Å². The van der Waals surface area contributed by atoms with Gasteiger partial charge >= 0.3 is 0 Å². The highest BCUT2D eigenvalue weighted by Gasteiger charge is 2.10. The Balaban J connectivity index is 3.13. The minimum absolute atomic E-state index is 0.129. The largest absolute Gasteiger partial charge is 0.362 e. The van der Waals surface area contributed by atoms with Crippen molar-refractivity contribution in [2.45, 2.75) is 6.92 Å². The number of benzene rings is 1. The lowest BCUT2D eigenvalue weighted by Crippen LogP contribution is -2.24. The van der Waals surface area contributed by atoms with Crippen LogP contribution in [0.15, 0.2) is 43.5 Å². The number of hydrogen-bond donors (Lipinski definition) is 1. The predicted octanol–water partition coefficient (Wildman–Crippen LogP) is 3.48. The summed E-state index contributed by atoms with van der Waals surface area (Å²) in [7, 11) is 0. The van der Waals surface area contributed by atoms with Crippen molar-refractivity contribution in [3.05, 3.63) is 48.5 Å². The van der Waals surface area contributed by atoms with Crippen molar-refractivity contribution in [2.24, 2.45) is 0 Å². The number of hydrogen-bond acceptors (Lipinski definition) is 2. The first kappa shape index (κ1) is 14.3. The highest BCUT2D eigenvalue weighted by Crippen LogP contribution is 2.29. The van der Waals surface area contributed by atoms with Crippen molar-refractivity contribution < 1.29 is 4.79 Å². The summed E-state index contributed by atoms with van der Waals surface area (Å²) in [6.45, 7) is 10.3. The van der Waals surface area contributed by atoms with Crippen molar-refractivity contribution >= 4 is 28.9 Å². The number of amides is 1. The van der Waals surface area contributed by atoms with E-state index >= 15 is 0 Å². The van der Waals surface area contributed by atoms with Gasteiger partial charge in [0.25, 0.3) is 0 Å². The molecule has 0 bridgehead atoms. The van der Waals surface area contributed by atoms with Crippen LogP contribution in [0.25, 0.3) is 0 Å². The minimum atomic E-state index is -0.129. The van der Waals surface area contributed by atoms with Crippen molar-refractivity contribution in [3.8, 4) is 0 Å². The van der Waals surface area contributed by atoms with E-state index in [4.69, 9.17) is 11.6 Å². The van der Waals surface area contributed by atoms with Gasteiger partial charge in [-0.05, 0) is 18.2 Å². The van der Waals surface area contributed by atoms with Gasteiger partial charge in [-0.15, -0.1) is 13.2 Å². The maximum Gasteiger partial charge on any atom is 0.221 e. The van der Waals surface area contributed by atoms with Gasteiger partial charge in [0, 0.05) is 25.0 Å². The molecule has 0 radical (unpaired) electrons. The average molecular weight is 265 g/mol. The molecule has 1 amide bonds. The van der Waals surface area contributed by atoms with Crippen LogP contribution in [-0.2, 0) is 4.79 Å². The van der Waals surface area contributed by atoms with Crippen LogP contribution in [0, 0.1) is 0 Å². The van der Waals surface area contributed by atoms with E-state index in [1.807, 2.05) is 11.0 Å². The van der Waals surface area contributed by atoms with Gasteiger partial charge in [-0.2, -0.15) is 0 Å². The Morgan fingerprint density at radius 1 is 1.39 bits per heavy atom. The molecule has 96 valence electrons. The zero-order valence-corrected chi connectivity index (χ0v) is 11.2. The van der Waals surface area contributed by atoms with Gasteiger partial charge in [-0.3, -0.25) is 4.79 Å². The lowest BCUT2D eigenvalue weighted by Gasteiger charge is -2.24. The van der Waals surface area contributed by atoms with Crippen LogP contribution in [0.4, 0.5) is 11.4 Å². The number of nitrogens with zero attached hydrogens (tertiary/aromatic N) is 1. The molecule has 4 heteroatoms. The van der Waals surface area contributed by atoms with Crippen LogP contribution in [0.3, 0.4) is 0 Å². The lowest BCUT2D eigenvalue weighted by molar-refractivity contribution is -0.114. The first-order chi connectivity index (χ1) is 8.58. The molecule has 0 saturated carbocycles. The maximum absolute atomic E-state index is 11.2. The van der Waals surface area contributed by atoms with Crippen LogP contribution < -0.4 is 10.2 Å². The second kappa shape index (κ2) is 6.87. The van der Waals surface area contributed by atoms with E-state index in [0.29, 0.717) is 23.8 Å². The Morgan fingerprint density at radius 3 is 2.50 bits per heavy atom. The highest BCUT2D eigenvalue weighted by atomic mass is 35.5. The second-order valence-corrected chi connectivity index (χ2v) is 4.26. The summed E-state index contributed by atoms with van der Waals surface area (Å²) in [5, 5.41) is 3.36. The number of nitrogens with one attached hydrogen (secondary N) is 1. The van der Waals surface area contributed by atoms with Gasteiger partial charge in [-0.1, -0.05) is 23.8 Å². The average Bonchev–Trinajstić information content (AvgIpc) is 2.28. The van der Waals surface area contributed by atoms with Gasteiger partial charge in [0.15, 0.2) is 0 Å². The summed E-state index contributed by atoms with van der Waals surface area (Å²) in [4.78, 5) is 13.2. The molecule has 0 saturated heterocycles. The highest BCUT2D eigenvalue weighted by molar-refractivity contribution is 6.31. The quantitative estimate of drug-likeness (QED) is 0.798. The fraction of sp³-hybridized carbons (Fsp3) is 0.214. The number of carbonyl (C=O) groups is 1. The van der Waals surface area contributed by atoms with Gasteiger partial charge in [0.1, 0.15) is 0 Å². The summed E-state index contributed by atoms with van der Waals surface area (Å²) < 4.78 is 0. The van der Waals surface area contributed by atoms with Crippen molar-refractivity contribution in [2.75, 3.05) is 23.3 Å².